The molecular weight excluding hydrogens is 232 g/mol. The molecule has 1 aromatic rings. The van der Waals surface area contributed by atoms with E-state index in [1.54, 1.807) is 18.2 Å². The number of halogens is 1. The van der Waals surface area contributed by atoms with Crippen LogP contribution in [0.1, 0.15) is 5.56 Å². The highest BCUT2D eigenvalue weighted by Crippen LogP contribution is 2.22. The second-order valence-corrected chi connectivity index (χ2v) is 3.44. The highest BCUT2D eigenvalue weighted by atomic mass is 35.5. The quantitative estimate of drug-likeness (QED) is 0.711. The van der Waals surface area contributed by atoms with Crippen molar-refractivity contribution in [2.24, 2.45) is 5.73 Å². The minimum atomic E-state index is -0.566. The Balaban J connectivity index is 2.79. The minimum absolute atomic E-state index is 0.213. The molecule has 86 valence electrons. The molecule has 0 bridgehead atoms. The number of hydrogen-bond acceptors (Lipinski definition) is 3. The Kier molecular flexibility index (Phi) is 4.60. The molecule has 3 N–H and O–H groups in total. The van der Waals surface area contributed by atoms with Gasteiger partial charge in [-0.1, -0.05) is 11.6 Å². The smallest absolute Gasteiger partial charge is 0.255 e. The average molecular weight is 243 g/mol. The van der Waals surface area contributed by atoms with E-state index < -0.39 is 5.91 Å². The van der Waals surface area contributed by atoms with Gasteiger partial charge in [-0.3, -0.25) is 9.59 Å². The van der Waals surface area contributed by atoms with Crippen LogP contribution in [0, 0.1) is 0 Å². The molecule has 1 aromatic carbocycles. The first-order valence-electron chi connectivity index (χ1n) is 4.50. The van der Waals surface area contributed by atoms with Gasteiger partial charge in [0, 0.05) is 17.1 Å². The summed E-state index contributed by atoms with van der Waals surface area (Å²) < 4.78 is 5.16. The largest absolute Gasteiger partial charge is 0.483 e. The van der Waals surface area contributed by atoms with Crippen molar-refractivity contribution in [3.63, 3.8) is 0 Å². The number of rotatable bonds is 6. The van der Waals surface area contributed by atoms with E-state index in [1.165, 1.54) is 0 Å². The molecule has 0 aliphatic heterocycles. The number of ether oxygens (including phenoxy) is 1. The van der Waals surface area contributed by atoms with Crippen molar-refractivity contribution in [2.75, 3.05) is 6.61 Å². The predicted octanol–water partition coefficient (Wildman–Crippen LogP) is 0.450. The monoisotopic (exact) mass is 242 g/mol. The summed E-state index contributed by atoms with van der Waals surface area (Å²) in [6.45, 7) is 0.0634. The van der Waals surface area contributed by atoms with Gasteiger partial charge in [-0.25, -0.2) is 0 Å². The van der Waals surface area contributed by atoms with Crippen LogP contribution in [0.3, 0.4) is 0 Å². The van der Waals surface area contributed by atoms with Crippen LogP contribution in [-0.2, 0) is 16.1 Å². The van der Waals surface area contributed by atoms with Crippen LogP contribution in [0.15, 0.2) is 18.2 Å². The molecule has 1 rings (SSSR count). The van der Waals surface area contributed by atoms with E-state index in [1.807, 2.05) is 0 Å². The average Bonchev–Trinajstić information content (AvgIpc) is 2.24. The molecule has 0 aliphatic carbocycles. The Morgan fingerprint density at radius 2 is 2.31 bits per heavy atom. The Morgan fingerprint density at radius 3 is 2.94 bits per heavy atom. The molecule has 2 amide bonds. The minimum Gasteiger partial charge on any atom is -0.483 e. The molecule has 5 nitrogen and oxygen atoms in total. The molecule has 16 heavy (non-hydrogen) atoms. The lowest BCUT2D eigenvalue weighted by molar-refractivity contribution is -0.120. The molecule has 0 saturated heterocycles. The van der Waals surface area contributed by atoms with Crippen molar-refractivity contribution in [1.82, 2.24) is 5.32 Å². The van der Waals surface area contributed by atoms with E-state index in [9.17, 15) is 9.59 Å². The fourth-order valence-corrected chi connectivity index (χ4v) is 1.32. The Bertz CT molecular complexity index is 396. The van der Waals surface area contributed by atoms with Crippen LogP contribution in [-0.4, -0.2) is 18.9 Å². The predicted molar refractivity (Wildman–Crippen MR) is 59.0 cm³/mol. The van der Waals surface area contributed by atoms with Gasteiger partial charge < -0.3 is 15.8 Å². The maximum Gasteiger partial charge on any atom is 0.255 e. The van der Waals surface area contributed by atoms with Crippen LogP contribution in [0.2, 0.25) is 5.02 Å². The molecule has 0 aliphatic rings. The lowest BCUT2D eigenvalue weighted by Gasteiger charge is -2.10. The van der Waals surface area contributed by atoms with E-state index in [0.29, 0.717) is 22.7 Å². The lowest BCUT2D eigenvalue weighted by atomic mass is 10.2. The van der Waals surface area contributed by atoms with Crippen LogP contribution in [0.25, 0.3) is 0 Å². The van der Waals surface area contributed by atoms with Gasteiger partial charge in [0.2, 0.25) is 6.41 Å². The number of amides is 2. The summed E-state index contributed by atoms with van der Waals surface area (Å²) in [6, 6.07) is 4.89. The third-order valence-corrected chi connectivity index (χ3v) is 2.00. The van der Waals surface area contributed by atoms with Gasteiger partial charge in [0.25, 0.3) is 5.91 Å². The van der Waals surface area contributed by atoms with Gasteiger partial charge in [0.1, 0.15) is 5.75 Å². The fourth-order valence-electron chi connectivity index (χ4n) is 1.13. The summed E-state index contributed by atoms with van der Waals surface area (Å²) >= 11 is 5.80. The standard InChI is InChI=1S/C10H11ClN2O3/c11-8-1-2-9(16-5-10(12)15)7(3-8)4-13-6-14/h1-3,6H,4-5H2,(H2,12,15)(H,13,14). The van der Waals surface area contributed by atoms with Crippen molar-refractivity contribution in [3.05, 3.63) is 28.8 Å². The lowest BCUT2D eigenvalue weighted by Crippen LogP contribution is -2.21. The topological polar surface area (TPSA) is 81.4 Å². The summed E-state index contributed by atoms with van der Waals surface area (Å²) in [5.74, 6) is -0.0956. The highest BCUT2D eigenvalue weighted by molar-refractivity contribution is 6.30. The van der Waals surface area contributed by atoms with Gasteiger partial charge in [-0.2, -0.15) is 0 Å². The highest BCUT2D eigenvalue weighted by Gasteiger charge is 2.05. The first-order valence-corrected chi connectivity index (χ1v) is 4.88. The molecule has 0 fully saturated rings. The van der Waals surface area contributed by atoms with Crippen LogP contribution in [0.5, 0.6) is 5.75 Å². The van der Waals surface area contributed by atoms with Crippen LogP contribution < -0.4 is 15.8 Å². The molecule has 0 radical (unpaired) electrons. The molecule has 0 spiro atoms. The summed E-state index contributed by atoms with van der Waals surface area (Å²) in [7, 11) is 0. The summed E-state index contributed by atoms with van der Waals surface area (Å²) in [5.41, 5.74) is 5.64. The van der Waals surface area contributed by atoms with E-state index in [-0.39, 0.29) is 13.2 Å². The zero-order valence-electron chi connectivity index (χ0n) is 8.40. The van der Waals surface area contributed by atoms with Gasteiger partial charge in [0.05, 0.1) is 0 Å². The maximum atomic E-state index is 10.6. The normalized spacial score (nSPS) is 9.56. The van der Waals surface area contributed by atoms with E-state index in [4.69, 9.17) is 22.1 Å². The molecule has 0 heterocycles. The SMILES string of the molecule is NC(=O)COc1ccc(Cl)cc1CNC=O. The molecule has 0 saturated carbocycles. The molecule has 6 heteroatoms. The molecule has 0 unspecified atom stereocenters. The van der Waals surface area contributed by atoms with Crippen LogP contribution in [0.4, 0.5) is 0 Å². The van der Waals surface area contributed by atoms with Crippen molar-refractivity contribution in [1.29, 1.82) is 0 Å². The number of carbonyl (C=O) groups is 2. The second kappa shape index (κ2) is 5.97. The zero-order valence-corrected chi connectivity index (χ0v) is 9.16. The number of benzene rings is 1. The van der Waals surface area contributed by atoms with Gasteiger partial charge in [-0.15, -0.1) is 0 Å². The number of hydrogen-bond donors (Lipinski definition) is 2. The Hall–Kier alpha value is -1.75. The molecule has 0 atom stereocenters. The molecular formula is C10H11ClN2O3. The van der Waals surface area contributed by atoms with Gasteiger partial charge in [-0.05, 0) is 18.2 Å². The summed E-state index contributed by atoms with van der Waals surface area (Å²) in [4.78, 5) is 20.7. The first-order chi connectivity index (χ1) is 7.63. The van der Waals surface area contributed by atoms with Crippen LogP contribution >= 0.6 is 11.6 Å². The molecule has 0 aromatic heterocycles. The van der Waals surface area contributed by atoms with Gasteiger partial charge >= 0.3 is 0 Å². The number of nitrogens with one attached hydrogen (secondary N) is 1. The second-order valence-electron chi connectivity index (χ2n) is 3.01. The third kappa shape index (κ3) is 3.78. The van der Waals surface area contributed by atoms with E-state index in [0.717, 1.165) is 0 Å². The maximum absolute atomic E-state index is 10.6. The Labute approximate surface area is 97.5 Å². The van der Waals surface area contributed by atoms with Crippen molar-refractivity contribution in [3.8, 4) is 5.75 Å². The number of nitrogens with two attached hydrogens (primary N) is 1. The Morgan fingerprint density at radius 1 is 1.56 bits per heavy atom. The van der Waals surface area contributed by atoms with Crippen molar-refractivity contribution >= 4 is 23.9 Å². The number of carbonyl (C=O) groups excluding carboxylic acids is 2. The zero-order chi connectivity index (χ0) is 12.0. The van der Waals surface area contributed by atoms with Crippen molar-refractivity contribution < 1.29 is 14.3 Å². The third-order valence-electron chi connectivity index (χ3n) is 1.77. The fraction of sp³-hybridized carbons (Fsp3) is 0.200. The van der Waals surface area contributed by atoms with E-state index >= 15 is 0 Å². The van der Waals surface area contributed by atoms with E-state index in [2.05, 4.69) is 5.32 Å². The first kappa shape index (κ1) is 12.3. The van der Waals surface area contributed by atoms with Gasteiger partial charge in [0.15, 0.2) is 6.61 Å². The van der Waals surface area contributed by atoms with Crippen molar-refractivity contribution in [2.45, 2.75) is 6.54 Å². The summed E-state index contributed by atoms with van der Waals surface area (Å²) in [5, 5.41) is 3.01. The summed E-state index contributed by atoms with van der Waals surface area (Å²) in [6.07, 6.45) is 0.568. The number of primary amides is 1.